The molecule has 0 aromatic heterocycles. The molecule has 0 saturated carbocycles. The topological polar surface area (TPSA) is 58.6 Å². The minimum atomic E-state index is -0.127. The summed E-state index contributed by atoms with van der Waals surface area (Å²) in [6.07, 6.45) is 1.20. The van der Waals surface area contributed by atoms with Crippen molar-refractivity contribution in [2.75, 3.05) is 25.6 Å². The molecular weight excluding hydrogens is 316 g/mol. The van der Waals surface area contributed by atoms with Gasteiger partial charge in [-0.25, -0.2) is 0 Å². The Morgan fingerprint density at radius 3 is 2.68 bits per heavy atom. The number of hydrogen-bond donors (Lipinski definition) is 1. The normalized spacial score (nSPS) is 16.8. The van der Waals surface area contributed by atoms with E-state index in [0.717, 1.165) is 17.0 Å². The highest BCUT2D eigenvalue weighted by atomic mass is 16.5. The van der Waals surface area contributed by atoms with E-state index in [4.69, 9.17) is 4.74 Å². The molecule has 130 valence electrons. The van der Waals surface area contributed by atoms with Crippen molar-refractivity contribution < 1.29 is 14.3 Å². The van der Waals surface area contributed by atoms with Crippen molar-refractivity contribution in [3.8, 4) is 5.75 Å². The van der Waals surface area contributed by atoms with Gasteiger partial charge in [0, 0.05) is 31.3 Å². The Labute approximate surface area is 147 Å². The van der Waals surface area contributed by atoms with E-state index in [0.29, 0.717) is 24.9 Å². The van der Waals surface area contributed by atoms with Crippen molar-refractivity contribution >= 4 is 17.5 Å². The molecule has 25 heavy (non-hydrogen) atoms. The van der Waals surface area contributed by atoms with Gasteiger partial charge in [-0.15, -0.1) is 0 Å². The van der Waals surface area contributed by atoms with Crippen molar-refractivity contribution in [2.24, 2.45) is 5.92 Å². The van der Waals surface area contributed by atoms with Gasteiger partial charge in [0.05, 0.1) is 7.11 Å². The van der Waals surface area contributed by atoms with Crippen molar-refractivity contribution in [2.45, 2.75) is 12.8 Å². The van der Waals surface area contributed by atoms with Crippen molar-refractivity contribution in [1.29, 1.82) is 0 Å². The molecule has 5 heteroatoms. The average molecular weight is 338 g/mol. The van der Waals surface area contributed by atoms with Crippen molar-refractivity contribution in [3.05, 3.63) is 59.7 Å². The summed E-state index contributed by atoms with van der Waals surface area (Å²) in [7, 11) is 3.23. The molecule has 3 rings (SSSR count). The molecule has 0 unspecified atom stereocenters. The molecule has 1 atom stereocenters. The summed E-state index contributed by atoms with van der Waals surface area (Å²) in [5.41, 5.74) is 2.49. The summed E-state index contributed by atoms with van der Waals surface area (Å²) in [4.78, 5) is 26.1. The lowest BCUT2D eigenvalue weighted by atomic mass is 9.96. The summed E-state index contributed by atoms with van der Waals surface area (Å²) in [5.74, 6) is 0.953. The fourth-order valence-corrected chi connectivity index (χ4v) is 3.31. The van der Waals surface area contributed by atoms with Gasteiger partial charge >= 0.3 is 0 Å². The Bertz CT molecular complexity index is 774. The largest absolute Gasteiger partial charge is 0.496 e. The number of carbonyl (C=O) groups excluding carboxylic acids is 2. The van der Waals surface area contributed by atoms with Crippen LogP contribution in [0.1, 0.15) is 22.3 Å². The molecule has 1 aliphatic heterocycles. The van der Waals surface area contributed by atoms with Crippen LogP contribution in [0.3, 0.4) is 0 Å². The molecule has 1 N–H and O–H groups in total. The van der Waals surface area contributed by atoms with Gasteiger partial charge in [0.1, 0.15) is 5.75 Å². The maximum atomic E-state index is 12.4. The number of amides is 2. The van der Waals surface area contributed by atoms with Gasteiger partial charge in [-0.05, 0) is 48.2 Å². The van der Waals surface area contributed by atoms with Crippen LogP contribution in [0.4, 0.5) is 5.69 Å². The molecule has 2 amide bonds. The van der Waals surface area contributed by atoms with E-state index >= 15 is 0 Å². The predicted molar refractivity (Wildman–Crippen MR) is 97.0 cm³/mol. The molecule has 2 aromatic carbocycles. The SMILES string of the molecule is CNC(=O)c1ccc(OC)c(C[C@H]2CC(=O)N(c3ccccc3)C2)c1. The van der Waals surface area contributed by atoms with Crippen molar-refractivity contribution in [3.63, 3.8) is 0 Å². The first-order chi connectivity index (χ1) is 12.1. The van der Waals surface area contributed by atoms with Gasteiger partial charge < -0.3 is 15.0 Å². The average Bonchev–Trinajstić information content (AvgIpc) is 3.02. The second-order valence-corrected chi connectivity index (χ2v) is 6.22. The Morgan fingerprint density at radius 1 is 1.24 bits per heavy atom. The molecule has 0 spiro atoms. The number of ether oxygens (including phenoxy) is 1. The zero-order valence-corrected chi connectivity index (χ0v) is 14.5. The number of benzene rings is 2. The number of nitrogens with one attached hydrogen (secondary N) is 1. The minimum Gasteiger partial charge on any atom is -0.496 e. The van der Waals surface area contributed by atoms with Crippen LogP contribution in [0.15, 0.2) is 48.5 Å². The molecule has 0 radical (unpaired) electrons. The highest BCUT2D eigenvalue weighted by molar-refractivity contribution is 5.96. The Balaban J connectivity index is 1.78. The van der Waals surface area contributed by atoms with Gasteiger partial charge in [0.2, 0.25) is 5.91 Å². The van der Waals surface area contributed by atoms with E-state index in [2.05, 4.69) is 5.32 Å². The number of methoxy groups -OCH3 is 1. The first kappa shape index (κ1) is 17.0. The number of rotatable bonds is 5. The quantitative estimate of drug-likeness (QED) is 0.912. The third-order valence-corrected chi connectivity index (χ3v) is 4.55. The molecule has 1 fully saturated rings. The maximum absolute atomic E-state index is 12.4. The van der Waals surface area contributed by atoms with Crippen LogP contribution in [0.2, 0.25) is 0 Å². The van der Waals surface area contributed by atoms with Gasteiger partial charge in [-0.3, -0.25) is 9.59 Å². The van der Waals surface area contributed by atoms with Crippen molar-refractivity contribution in [1.82, 2.24) is 5.32 Å². The Morgan fingerprint density at radius 2 is 2.00 bits per heavy atom. The van der Waals surface area contributed by atoms with Gasteiger partial charge in [-0.1, -0.05) is 18.2 Å². The highest BCUT2D eigenvalue weighted by Crippen LogP contribution is 2.30. The van der Waals surface area contributed by atoms with Gasteiger partial charge in [0.15, 0.2) is 0 Å². The summed E-state index contributed by atoms with van der Waals surface area (Å²) < 4.78 is 5.43. The summed E-state index contributed by atoms with van der Waals surface area (Å²) in [6.45, 7) is 0.677. The standard InChI is InChI=1S/C20H22N2O3/c1-21-20(24)15-8-9-18(25-2)16(12-15)10-14-11-19(23)22(13-14)17-6-4-3-5-7-17/h3-9,12,14H,10-11,13H2,1-2H3,(H,21,24)/t14-/m0/s1. The molecule has 1 aliphatic rings. The van der Waals surface area contributed by atoms with Crippen LogP contribution in [-0.4, -0.2) is 32.5 Å². The number of hydrogen-bond acceptors (Lipinski definition) is 3. The maximum Gasteiger partial charge on any atom is 0.251 e. The van der Waals surface area contributed by atoms with Crippen LogP contribution in [0.25, 0.3) is 0 Å². The van der Waals surface area contributed by atoms with Gasteiger partial charge in [0.25, 0.3) is 5.91 Å². The zero-order chi connectivity index (χ0) is 17.8. The van der Waals surface area contributed by atoms with Gasteiger partial charge in [-0.2, -0.15) is 0 Å². The number of anilines is 1. The lowest BCUT2D eigenvalue weighted by Crippen LogP contribution is -2.24. The van der Waals surface area contributed by atoms with Crippen LogP contribution in [-0.2, 0) is 11.2 Å². The summed E-state index contributed by atoms with van der Waals surface area (Å²) in [6, 6.07) is 15.1. The van der Waals surface area contributed by atoms with Crippen LogP contribution in [0.5, 0.6) is 5.75 Å². The van der Waals surface area contributed by atoms with E-state index < -0.39 is 0 Å². The molecule has 0 bridgehead atoms. The van der Waals surface area contributed by atoms with E-state index in [1.807, 2.05) is 47.4 Å². The number of para-hydroxylation sites is 1. The molecular formula is C20H22N2O3. The second-order valence-electron chi connectivity index (χ2n) is 6.22. The third kappa shape index (κ3) is 3.65. The van der Waals surface area contributed by atoms with E-state index in [-0.39, 0.29) is 17.7 Å². The highest BCUT2D eigenvalue weighted by Gasteiger charge is 2.31. The van der Waals surface area contributed by atoms with Crippen LogP contribution >= 0.6 is 0 Å². The molecule has 5 nitrogen and oxygen atoms in total. The summed E-state index contributed by atoms with van der Waals surface area (Å²) in [5, 5.41) is 2.63. The minimum absolute atomic E-state index is 0.127. The first-order valence-corrected chi connectivity index (χ1v) is 8.36. The summed E-state index contributed by atoms with van der Waals surface area (Å²) >= 11 is 0. The lowest BCUT2D eigenvalue weighted by molar-refractivity contribution is -0.117. The lowest BCUT2D eigenvalue weighted by Gasteiger charge is -2.17. The fraction of sp³-hybridized carbons (Fsp3) is 0.300. The Hall–Kier alpha value is -2.82. The molecule has 1 saturated heterocycles. The molecule has 1 heterocycles. The molecule has 0 aliphatic carbocycles. The van der Waals surface area contributed by atoms with Crippen LogP contribution < -0.4 is 15.0 Å². The van der Waals surface area contributed by atoms with E-state index in [1.165, 1.54) is 0 Å². The number of carbonyl (C=O) groups is 2. The molecule has 2 aromatic rings. The smallest absolute Gasteiger partial charge is 0.251 e. The third-order valence-electron chi connectivity index (χ3n) is 4.55. The monoisotopic (exact) mass is 338 g/mol. The fourth-order valence-electron chi connectivity index (χ4n) is 3.31. The van der Waals surface area contributed by atoms with E-state index in [9.17, 15) is 9.59 Å². The van der Waals surface area contributed by atoms with E-state index in [1.54, 1.807) is 20.2 Å². The Kier molecular flexibility index (Phi) is 5.03. The zero-order valence-electron chi connectivity index (χ0n) is 14.5. The number of nitrogens with zero attached hydrogens (tertiary/aromatic N) is 1. The second kappa shape index (κ2) is 7.38. The van der Waals surface area contributed by atoms with Crippen LogP contribution in [0, 0.1) is 5.92 Å². The predicted octanol–water partition coefficient (Wildman–Crippen LogP) is 2.65. The first-order valence-electron chi connectivity index (χ1n) is 8.36.